The molecule has 1 unspecified atom stereocenters. The number of aryl methyl sites for hydroxylation is 1. The number of nitrogens with zero attached hydrogens (tertiary/aromatic N) is 6. The number of carbonyl (C=O) groups excluding carboxylic acids is 2. The van der Waals surface area contributed by atoms with Crippen molar-refractivity contribution in [2.75, 3.05) is 31.6 Å². The third-order valence-corrected chi connectivity index (χ3v) is 7.31. The quantitative estimate of drug-likeness (QED) is 0.185. The summed E-state index contributed by atoms with van der Waals surface area (Å²) in [6.45, 7) is 12.3. The summed E-state index contributed by atoms with van der Waals surface area (Å²) in [5.74, 6) is -2.43. The van der Waals surface area contributed by atoms with E-state index < -0.39 is 17.4 Å². The molecule has 3 aromatic rings. The van der Waals surface area contributed by atoms with E-state index in [1.54, 1.807) is 24.2 Å². The lowest BCUT2D eigenvalue weighted by Crippen LogP contribution is -2.55. The fourth-order valence-corrected chi connectivity index (χ4v) is 5.24. The molecule has 0 saturated carbocycles. The van der Waals surface area contributed by atoms with Crippen LogP contribution in [0.4, 0.5) is 20.3 Å². The van der Waals surface area contributed by atoms with Gasteiger partial charge in [-0.25, -0.2) is 13.8 Å². The van der Waals surface area contributed by atoms with Gasteiger partial charge in [0.15, 0.2) is 23.2 Å². The number of amides is 2. The number of phenols is 1. The fraction of sp³-hybridized carbons (Fsp3) is 0.323. The van der Waals surface area contributed by atoms with Crippen molar-refractivity contribution in [2.45, 2.75) is 39.7 Å². The summed E-state index contributed by atoms with van der Waals surface area (Å²) in [5.41, 5.74) is 1.52. The Morgan fingerprint density at radius 2 is 1.98 bits per heavy atom. The van der Waals surface area contributed by atoms with Gasteiger partial charge in [0.05, 0.1) is 16.9 Å². The van der Waals surface area contributed by atoms with Crippen LogP contribution in [0.15, 0.2) is 54.2 Å². The van der Waals surface area contributed by atoms with Gasteiger partial charge in [-0.3, -0.25) is 24.5 Å². The number of phenolic OH excluding ortho intramolecular Hbond substituents is 1. The first-order valence-electron chi connectivity index (χ1n) is 13.6. The zero-order valence-electron chi connectivity index (χ0n) is 24.3. The van der Waals surface area contributed by atoms with Crippen LogP contribution in [0.2, 0.25) is 0 Å². The number of hydrogen-bond donors (Lipinski definition) is 1. The van der Waals surface area contributed by atoms with Crippen molar-refractivity contribution < 1.29 is 23.5 Å². The molecule has 9 nitrogen and oxygen atoms in total. The molecule has 1 saturated heterocycles. The van der Waals surface area contributed by atoms with E-state index in [0.29, 0.717) is 43.3 Å². The molecule has 0 aliphatic carbocycles. The number of pyridine rings is 2. The molecule has 1 aromatic carbocycles. The van der Waals surface area contributed by atoms with Gasteiger partial charge in [-0.1, -0.05) is 26.5 Å². The number of aromatic nitrogens is 2. The molecule has 1 N–H and O–H groups in total. The van der Waals surface area contributed by atoms with E-state index in [4.69, 9.17) is 0 Å². The highest BCUT2D eigenvalue weighted by molar-refractivity contribution is 6.07. The van der Waals surface area contributed by atoms with Gasteiger partial charge in [0.2, 0.25) is 12.3 Å². The van der Waals surface area contributed by atoms with Gasteiger partial charge < -0.3 is 14.9 Å². The van der Waals surface area contributed by atoms with E-state index in [0.717, 1.165) is 11.6 Å². The summed E-state index contributed by atoms with van der Waals surface area (Å²) in [4.78, 5) is 43.6. The molecule has 0 radical (unpaired) electrons. The lowest BCUT2D eigenvalue weighted by atomic mass is 10.0. The second-order valence-corrected chi connectivity index (χ2v) is 10.4. The first-order chi connectivity index (χ1) is 20.0. The molecule has 4 rings (SSSR count). The Kier molecular flexibility index (Phi) is 8.99. The third-order valence-electron chi connectivity index (χ3n) is 7.31. The van der Waals surface area contributed by atoms with E-state index in [-0.39, 0.29) is 40.5 Å². The van der Waals surface area contributed by atoms with E-state index in [2.05, 4.69) is 21.5 Å². The Labute approximate surface area is 243 Å². The second kappa shape index (κ2) is 12.5. The average molecular weight is 577 g/mol. The van der Waals surface area contributed by atoms with Crippen molar-refractivity contribution in [3.8, 4) is 17.0 Å². The Morgan fingerprint density at radius 3 is 2.60 bits per heavy atom. The first-order valence-corrected chi connectivity index (χ1v) is 13.6. The molecule has 1 aliphatic rings. The molecule has 2 amide bonds. The summed E-state index contributed by atoms with van der Waals surface area (Å²) in [7, 11) is 1.55. The summed E-state index contributed by atoms with van der Waals surface area (Å²) in [5, 5.41) is 10.4. The number of aliphatic imine (C=N–C) groups is 1. The minimum atomic E-state index is -0.937. The summed E-state index contributed by atoms with van der Waals surface area (Å²) >= 11 is 0. The number of anilines is 2. The molecular weight excluding hydrogens is 542 g/mol. The minimum absolute atomic E-state index is 0.0282. The number of carbonyl (C=O) groups is 2. The summed E-state index contributed by atoms with van der Waals surface area (Å²) in [6, 6.07) is 6.46. The average Bonchev–Trinajstić information content (AvgIpc) is 2.97. The number of aromatic hydroxyl groups is 1. The van der Waals surface area contributed by atoms with Gasteiger partial charge in [-0.2, -0.15) is 0 Å². The number of benzene rings is 1. The second-order valence-electron chi connectivity index (χ2n) is 10.4. The molecule has 3 heterocycles. The molecule has 11 heteroatoms. The van der Waals surface area contributed by atoms with Crippen LogP contribution in [0.5, 0.6) is 5.75 Å². The Morgan fingerprint density at radius 1 is 1.24 bits per heavy atom. The SMILES string of the molecule is C=CC(=O)N1CCN(/C(=N/C)c2cc(F)c(-c3cccc(F)c3O)nc2N(C=O)c2c(C)ccnc2C(C)C)C(C)C1. The van der Waals surface area contributed by atoms with Gasteiger partial charge in [0.1, 0.15) is 11.5 Å². The van der Waals surface area contributed by atoms with Gasteiger partial charge in [0.25, 0.3) is 0 Å². The van der Waals surface area contributed by atoms with Crippen LogP contribution in [0, 0.1) is 18.6 Å². The monoisotopic (exact) mass is 576 g/mol. The molecule has 1 fully saturated rings. The summed E-state index contributed by atoms with van der Waals surface area (Å²) < 4.78 is 30.2. The number of piperazine rings is 1. The van der Waals surface area contributed by atoms with Crippen LogP contribution in [-0.2, 0) is 9.59 Å². The van der Waals surface area contributed by atoms with Crippen molar-refractivity contribution in [3.63, 3.8) is 0 Å². The van der Waals surface area contributed by atoms with Crippen LogP contribution in [0.1, 0.15) is 43.5 Å². The zero-order chi connectivity index (χ0) is 30.7. The lowest BCUT2D eigenvalue weighted by molar-refractivity contribution is -0.128. The fourth-order valence-electron chi connectivity index (χ4n) is 5.24. The Balaban J connectivity index is 1.97. The highest BCUT2D eigenvalue weighted by atomic mass is 19.1. The maximum atomic E-state index is 15.9. The van der Waals surface area contributed by atoms with Crippen molar-refractivity contribution in [1.29, 1.82) is 0 Å². The van der Waals surface area contributed by atoms with Crippen LogP contribution < -0.4 is 4.90 Å². The predicted octanol–water partition coefficient (Wildman–Crippen LogP) is 4.95. The normalized spacial score (nSPS) is 15.6. The molecule has 1 aliphatic heterocycles. The van der Waals surface area contributed by atoms with E-state index in [1.165, 1.54) is 29.2 Å². The van der Waals surface area contributed by atoms with Crippen molar-refractivity contribution in [1.82, 2.24) is 19.8 Å². The van der Waals surface area contributed by atoms with Crippen LogP contribution in [0.25, 0.3) is 11.3 Å². The first kappa shape index (κ1) is 30.3. The van der Waals surface area contributed by atoms with Crippen LogP contribution in [-0.4, -0.2) is 75.8 Å². The van der Waals surface area contributed by atoms with Gasteiger partial charge in [-0.15, -0.1) is 0 Å². The largest absolute Gasteiger partial charge is 0.504 e. The molecule has 42 heavy (non-hydrogen) atoms. The topological polar surface area (TPSA) is 102 Å². The highest BCUT2D eigenvalue weighted by Crippen LogP contribution is 2.39. The highest BCUT2D eigenvalue weighted by Gasteiger charge is 2.33. The third kappa shape index (κ3) is 5.59. The minimum Gasteiger partial charge on any atom is -0.504 e. The van der Waals surface area contributed by atoms with Crippen molar-refractivity contribution in [3.05, 3.63) is 77.6 Å². The molecule has 220 valence electrons. The van der Waals surface area contributed by atoms with E-state index >= 15 is 4.39 Å². The van der Waals surface area contributed by atoms with E-state index in [1.807, 2.05) is 32.6 Å². The Hall–Kier alpha value is -4.67. The Bertz CT molecular complexity index is 1560. The smallest absolute Gasteiger partial charge is 0.246 e. The number of para-hydroxylation sites is 1. The number of rotatable bonds is 7. The predicted molar refractivity (Wildman–Crippen MR) is 158 cm³/mol. The lowest BCUT2D eigenvalue weighted by Gasteiger charge is -2.41. The van der Waals surface area contributed by atoms with Crippen molar-refractivity contribution in [2.24, 2.45) is 4.99 Å². The zero-order valence-corrected chi connectivity index (χ0v) is 24.3. The molecular formula is C31H34F2N6O3. The number of halogens is 2. The molecule has 2 aromatic heterocycles. The maximum Gasteiger partial charge on any atom is 0.246 e. The van der Waals surface area contributed by atoms with Crippen LogP contribution >= 0.6 is 0 Å². The molecule has 1 atom stereocenters. The van der Waals surface area contributed by atoms with Gasteiger partial charge >= 0.3 is 0 Å². The number of hydrogen-bond acceptors (Lipinski definition) is 6. The maximum absolute atomic E-state index is 15.9. The van der Waals surface area contributed by atoms with Crippen LogP contribution in [0.3, 0.4) is 0 Å². The van der Waals surface area contributed by atoms with E-state index in [9.17, 15) is 19.1 Å². The number of amidine groups is 1. The molecule has 0 bridgehead atoms. The molecule has 0 spiro atoms. The summed E-state index contributed by atoms with van der Waals surface area (Å²) in [6.07, 6.45) is 3.49. The van der Waals surface area contributed by atoms with Gasteiger partial charge in [0, 0.05) is 44.5 Å². The van der Waals surface area contributed by atoms with Crippen molar-refractivity contribution >= 4 is 29.7 Å². The standard InChI is InChI=1S/C31H34F2N6O3/c1-7-25(41)37-13-14-38(20(5)16-37)30(34-6)22-15-24(33)27(21-9-8-10-23(32)29(21)42)36-31(22)39(17-40)28-19(4)11-12-35-26(28)18(2)3/h7-12,15,17-18,20,42H,1,13-14,16H2,2-6H3/b34-30+. The van der Waals surface area contributed by atoms with Gasteiger partial charge in [-0.05, 0) is 55.7 Å².